The first-order valence-electron chi connectivity index (χ1n) is 20.5. The summed E-state index contributed by atoms with van der Waals surface area (Å²) in [5.41, 5.74) is -3.54. The Balaban J connectivity index is 1.02. The van der Waals surface area contributed by atoms with Crippen molar-refractivity contribution >= 4 is 28.5 Å². The molecule has 352 valence electrons. The number of amides is 1. The van der Waals surface area contributed by atoms with Gasteiger partial charge in [0.1, 0.15) is 0 Å². The molecule has 3 aromatic rings. The summed E-state index contributed by atoms with van der Waals surface area (Å²) < 4.78 is 101. The van der Waals surface area contributed by atoms with Gasteiger partial charge in [0.05, 0.1) is 144 Å². The molecule has 1 unspecified atom stereocenters. The minimum Gasteiger partial charge on any atom is -0.479 e. The van der Waals surface area contributed by atoms with Crippen molar-refractivity contribution in [3.63, 3.8) is 0 Å². The third kappa shape index (κ3) is 17.3. The van der Waals surface area contributed by atoms with Crippen molar-refractivity contribution in [2.24, 2.45) is 0 Å². The second-order valence-electron chi connectivity index (χ2n) is 13.8. The molecular formula is C42H57F3N2O16. The molecule has 18 nitrogen and oxygen atoms in total. The van der Waals surface area contributed by atoms with Gasteiger partial charge < -0.3 is 67.3 Å². The number of pyridine rings is 1. The molecule has 0 aliphatic carbocycles. The van der Waals surface area contributed by atoms with Crippen molar-refractivity contribution in [3.8, 4) is 11.3 Å². The number of nitrogens with one attached hydrogen (secondary N) is 1. The molecule has 2 aromatic carbocycles. The van der Waals surface area contributed by atoms with Gasteiger partial charge in [-0.15, -0.1) is 0 Å². The number of aliphatic carboxylic acids is 1. The summed E-state index contributed by atoms with van der Waals surface area (Å²) in [6, 6.07) is 10.6. The predicted octanol–water partition coefficient (Wildman–Crippen LogP) is 3.54. The first kappa shape index (κ1) is 51.4. The van der Waals surface area contributed by atoms with E-state index in [2.05, 4.69) is 4.98 Å². The topological polar surface area (TPSA) is 212 Å². The van der Waals surface area contributed by atoms with E-state index in [1.54, 1.807) is 0 Å². The van der Waals surface area contributed by atoms with E-state index in [1.807, 2.05) is 0 Å². The highest BCUT2D eigenvalue weighted by atomic mass is 19.4. The highest BCUT2D eigenvalue weighted by molar-refractivity contribution is 5.95. The van der Waals surface area contributed by atoms with Crippen LogP contribution in [0, 0.1) is 0 Å². The molecular weight excluding hydrogens is 845 g/mol. The highest BCUT2D eigenvalue weighted by Crippen LogP contribution is 2.37. The number of hydrogen-bond donors (Lipinski definition) is 3. The smallest absolute Gasteiger partial charge is 0.417 e. The third-order valence-corrected chi connectivity index (χ3v) is 9.36. The normalized spacial score (nSPS) is 15.3. The van der Waals surface area contributed by atoms with Gasteiger partial charge in [-0.3, -0.25) is 9.69 Å². The summed E-state index contributed by atoms with van der Waals surface area (Å²) in [5.74, 6) is -1.37. The minimum absolute atomic E-state index is 0.00325. The number of aromatic nitrogens is 1. The number of carbonyl (C=O) groups is 2. The van der Waals surface area contributed by atoms with Crippen molar-refractivity contribution in [2.75, 3.05) is 144 Å². The van der Waals surface area contributed by atoms with Crippen LogP contribution in [0.15, 0.2) is 53.3 Å². The van der Waals surface area contributed by atoms with E-state index in [4.69, 9.17) is 57.2 Å². The average molecular weight is 903 g/mol. The second kappa shape index (κ2) is 27.8. The second-order valence-corrected chi connectivity index (χ2v) is 13.8. The van der Waals surface area contributed by atoms with Gasteiger partial charge in [-0.05, 0) is 36.6 Å². The van der Waals surface area contributed by atoms with E-state index < -0.39 is 41.1 Å². The van der Waals surface area contributed by atoms with Crippen LogP contribution >= 0.6 is 0 Å². The molecule has 63 heavy (non-hydrogen) atoms. The Labute approximate surface area is 362 Å². The Morgan fingerprint density at radius 3 is 1.62 bits per heavy atom. The largest absolute Gasteiger partial charge is 0.479 e. The number of cyclic esters (lactones) is 1. The van der Waals surface area contributed by atoms with Crippen LogP contribution in [-0.4, -0.2) is 178 Å². The summed E-state index contributed by atoms with van der Waals surface area (Å²) in [7, 11) is 0. The van der Waals surface area contributed by atoms with Gasteiger partial charge in [-0.1, -0.05) is 24.3 Å². The fraction of sp³-hybridized carbons (Fsp3) is 0.595. The first-order chi connectivity index (χ1) is 30.5. The van der Waals surface area contributed by atoms with E-state index in [1.165, 1.54) is 49.4 Å². The highest BCUT2D eigenvalue weighted by Gasteiger charge is 2.51. The maximum atomic E-state index is 13.6. The average Bonchev–Trinajstić information content (AvgIpc) is 3.67. The monoisotopic (exact) mass is 902 g/mol. The zero-order valence-corrected chi connectivity index (χ0v) is 35.2. The van der Waals surface area contributed by atoms with Crippen LogP contribution in [0.3, 0.4) is 0 Å². The Bertz CT molecular complexity index is 1870. The van der Waals surface area contributed by atoms with Gasteiger partial charge in [-0.2, -0.15) is 13.2 Å². The Kier molecular flexibility index (Phi) is 22.7. The van der Waals surface area contributed by atoms with Crippen LogP contribution in [-0.2, 0) is 63.1 Å². The number of benzene rings is 2. The number of fused-ring (bicyclic) bond motifs is 1. The van der Waals surface area contributed by atoms with Crippen LogP contribution in [0.1, 0.15) is 12.5 Å². The van der Waals surface area contributed by atoms with Crippen LogP contribution in [0.4, 0.5) is 23.7 Å². The quantitative estimate of drug-likeness (QED) is 0.0732. The SMILES string of the molecule is C[C@@](OCCOCCOCCOCCOCCOCCOCCOCCOCCOCCO)(C(=O)O)C1CN(c2ccc3cc(-c4ccccc4C(F)(F)F)[nH]c(=O)c3c2)C(=O)O1. The number of aliphatic hydroxyl groups excluding tert-OH is 1. The third-order valence-electron chi connectivity index (χ3n) is 9.36. The van der Waals surface area contributed by atoms with Crippen LogP contribution < -0.4 is 10.5 Å². The number of H-pyrrole nitrogens is 1. The lowest BCUT2D eigenvalue weighted by Crippen LogP contribution is -2.51. The summed E-state index contributed by atoms with van der Waals surface area (Å²) in [6.07, 6.45) is -6.75. The van der Waals surface area contributed by atoms with Crippen molar-refractivity contribution in [1.82, 2.24) is 4.98 Å². The molecule has 4 rings (SSSR count). The summed E-state index contributed by atoms with van der Waals surface area (Å²) in [4.78, 5) is 42.0. The van der Waals surface area contributed by atoms with E-state index in [-0.39, 0.29) is 61.9 Å². The van der Waals surface area contributed by atoms with E-state index in [9.17, 15) is 32.7 Å². The van der Waals surface area contributed by atoms with E-state index in [0.717, 1.165) is 11.0 Å². The maximum absolute atomic E-state index is 13.6. The number of halogens is 3. The number of hydrogen-bond acceptors (Lipinski definition) is 15. The molecule has 1 aromatic heterocycles. The Morgan fingerprint density at radius 1 is 0.698 bits per heavy atom. The van der Waals surface area contributed by atoms with Crippen LogP contribution in [0.25, 0.3) is 22.0 Å². The molecule has 2 atom stereocenters. The standard InChI is InChI=1S/C42H57F3N2O16/c1-41(39(50)51,37-30-47(40(52)63-37)32-7-6-31-28-36(46-38(49)34(31)29-32)33-4-2-3-5-35(33)42(43,44)45)62-27-26-61-25-24-60-23-22-59-21-20-58-19-18-57-17-16-56-15-14-55-13-12-54-11-10-53-9-8-48/h2-7,28-29,37,48H,8-27,30H2,1H3,(H,46,49)(H,50,51)/t37?,41-/m0/s1. The van der Waals surface area contributed by atoms with Gasteiger partial charge >= 0.3 is 18.2 Å². The van der Waals surface area contributed by atoms with Crippen LogP contribution in [0.5, 0.6) is 0 Å². The minimum atomic E-state index is -4.64. The number of aromatic amines is 1. The molecule has 1 aliphatic heterocycles. The number of nitrogens with zero attached hydrogens (tertiary/aromatic N) is 1. The lowest BCUT2D eigenvalue weighted by atomic mass is 9.98. The molecule has 1 amide bonds. The Hall–Kier alpha value is -4.26. The molecule has 21 heteroatoms. The molecule has 0 bridgehead atoms. The first-order valence-corrected chi connectivity index (χ1v) is 20.5. The molecule has 3 N–H and O–H groups in total. The van der Waals surface area contributed by atoms with E-state index >= 15 is 0 Å². The number of carboxylic acids is 1. The number of alkyl halides is 3. The lowest BCUT2D eigenvalue weighted by molar-refractivity contribution is -0.178. The number of carboxylic acid groups (broad SMARTS) is 1. The van der Waals surface area contributed by atoms with Crippen LogP contribution in [0.2, 0.25) is 0 Å². The number of rotatable bonds is 34. The number of ether oxygens (including phenoxy) is 11. The maximum Gasteiger partial charge on any atom is 0.417 e. The van der Waals surface area contributed by atoms with Crippen molar-refractivity contribution in [1.29, 1.82) is 0 Å². The molecule has 0 radical (unpaired) electrons. The number of carbonyl (C=O) groups excluding carboxylic acids is 1. The van der Waals surface area contributed by atoms with Gasteiger partial charge in [0.25, 0.3) is 5.56 Å². The fourth-order valence-electron chi connectivity index (χ4n) is 6.02. The molecule has 0 saturated carbocycles. The van der Waals surface area contributed by atoms with Gasteiger partial charge in [0.15, 0.2) is 6.10 Å². The van der Waals surface area contributed by atoms with Gasteiger partial charge in [0, 0.05) is 22.3 Å². The summed E-state index contributed by atoms with van der Waals surface area (Å²) in [6.45, 7) is 7.62. The Morgan fingerprint density at radius 2 is 1.16 bits per heavy atom. The zero-order chi connectivity index (χ0) is 45.3. The van der Waals surface area contributed by atoms with E-state index in [0.29, 0.717) is 104 Å². The molecule has 1 saturated heterocycles. The van der Waals surface area contributed by atoms with Crippen molar-refractivity contribution in [2.45, 2.75) is 24.8 Å². The molecule has 1 fully saturated rings. The van der Waals surface area contributed by atoms with Gasteiger partial charge in [0.2, 0.25) is 5.60 Å². The van der Waals surface area contributed by atoms with Crippen molar-refractivity contribution in [3.05, 3.63) is 64.4 Å². The molecule has 0 spiro atoms. The summed E-state index contributed by atoms with van der Waals surface area (Å²) in [5, 5.41) is 19.1. The van der Waals surface area contributed by atoms with Crippen molar-refractivity contribution < 1.29 is 85.1 Å². The molecule has 1 aliphatic rings. The van der Waals surface area contributed by atoms with Gasteiger partial charge in [-0.25, -0.2) is 9.59 Å². The fourth-order valence-corrected chi connectivity index (χ4v) is 6.02. The zero-order valence-electron chi connectivity index (χ0n) is 35.2. The predicted molar refractivity (Wildman–Crippen MR) is 219 cm³/mol. The molecule has 2 heterocycles. The lowest BCUT2D eigenvalue weighted by Gasteiger charge is -2.29. The number of aliphatic hydroxyl groups is 1. The number of anilines is 1. The summed E-state index contributed by atoms with van der Waals surface area (Å²) >= 11 is 0.